The van der Waals surface area contributed by atoms with Gasteiger partial charge in [-0.25, -0.2) is 0 Å². The molecule has 2 aliphatic rings. The third-order valence-corrected chi connectivity index (χ3v) is 4.29. The highest BCUT2D eigenvalue weighted by Crippen LogP contribution is 2.37. The zero-order valence-corrected chi connectivity index (χ0v) is 10.1. The highest BCUT2D eigenvalue weighted by Gasteiger charge is 2.37. The first-order valence-electron chi connectivity index (χ1n) is 6.70. The molecule has 0 bridgehead atoms. The highest BCUT2D eigenvalue weighted by atomic mass is 16.2. The van der Waals surface area contributed by atoms with E-state index in [4.69, 9.17) is 0 Å². The molecular weight excluding hydrogens is 210 g/mol. The lowest BCUT2D eigenvalue weighted by molar-refractivity contribution is -0.126. The topological polar surface area (TPSA) is 29.1 Å². The molecule has 0 aromatic heterocycles. The van der Waals surface area contributed by atoms with E-state index in [0.717, 1.165) is 6.42 Å². The second-order valence-electron chi connectivity index (χ2n) is 5.36. The molecule has 2 heteroatoms. The number of carbonyl (C=O) groups excluding carboxylic acids is 1. The molecule has 0 spiro atoms. The summed E-state index contributed by atoms with van der Waals surface area (Å²) in [5.74, 6) is 1.02. The van der Waals surface area contributed by atoms with E-state index in [0.29, 0.717) is 12.0 Å². The van der Waals surface area contributed by atoms with Gasteiger partial charge >= 0.3 is 0 Å². The summed E-state index contributed by atoms with van der Waals surface area (Å²) in [6, 6.07) is 10.7. The number of piperidine rings is 1. The van der Waals surface area contributed by atoms with Crippen LogP contribution < -0.4 is 5.32 Å². The molecule has 2 fully saturated rings. The average molecular weight is 229 g/mol. The first kappa shape index (κ1) is 10.8. The van der Waals surface area contributed by atoms with Gasteiger partial charge in [-0.15, -0.1) is 0 Å². The molecule has 90 valence electrons. The lowest BCUT2D eigenvalue weighted by Crippen LogP contribution is -2.49. The molecule has 1 aliphatic heterocycles. The van der Waals surface area contributed by atoms with Crippen LogP contribution in [0.5, 0.6) is 0 Å². The number of carbonyl (C=O) groups is 1. The summed E-state index contributed by atoms with van der Waals surface area (Å²) in [6.07, 6.45) is 6.11. The number of nitrogens with one attached hydrogen (secondary N) is 1. The molecule has 3 atom stereocenters. The van der Waals surface area contributed by atoms with Crippen LogP contribution in [0, 0.1) is 5.92 Å². The molecule has 1 aromatic rings. The van der Waals surface area contributed by atoms with E-state index in [1.807, 2.05) is 18.2 Å². The number of amides is 1. The van der Waals surface area contributed by atoms with Crippen molar-refractivity contribution in [1.29, 1.82) is 0 Å². The Morgan fingerprint density at radius 1 is 1.06 bits per heavy atom. The zero-order chi connectivity index (χ0) is 11.7. The van der Waals surface area contributed by atoms with Gasteiger partial charge in [0.1, 0.15) is 0 Å². The van der Waals surface area contributed by atoms with E-state index >= 15 is 0 Å². The van der Waals surface area contributed by atoms with Gasteiger partial charge in [0.2, 0.25) is 5.91 Å². The van der Waals surface area contributed by atoms with Crippen molar-refractivity contribution in [2.75, 3.05) is 0 Å². The maximum atomic E-state index is 12.1. The molecular formula is C15H19NO. The number of fused-ring (bicyclic) bond motifs is 1. The monoisotopic (exact) mass is 229 g/mol. The van der Waals surface area contributed by atoms with Gasteiger partial charge in [-0.2, -0.15) is 0 Å². The van der Waals surface area contributed by atoms with E-state index in [-0.39, 0.29) is 11.8 Å². The van der Waals surface area contributed by atoms with E-state index in [1.54, 1.807) is 0 Å². The van der Waals surface area contributed by atoms with E-state index in [2.05, 4.69) is 17.4 Å². The molecule has 2 nitrogen and oxygen atoms in total. The van der Waals surface area contributed by atoms with E-state index in [1.165, 1.54) is 31.2 Å². The van der Waals surface area contributed by atoms with E-state index in [9.17, 15) is 4.79 Å². The fraction of sp³-hybridized carbons (Fsp3) is 0.533. The molecule has 17 heavy (non-hydrogen) atoms. The Hall–Kier alpha value is -1.31. The van der Waals surface area contributed by atoms with Crippen molar-refractivity contribution in [3.05, 3.63) is 35.9 Å². The van der Waals surface area contributed by atoms with Crippen molar-refractivity contribution in [1.82, 2.24) is 5.32 Å². The van der Waals surface area contributed by atoms with Crippen LogP contribution in [0.15, 0.2) is 30.3 Å². The van der Waals surface area contributed by atoms with Crippen LogP contribution in [0.2, 0.25) is 0 Å². The van der Waals surface area contributed by atoms with Crippen molar-refractivity contribution < 1.29 is 4.79 Å². The van der Waals surface area contributed by atoms with Gasteiger partial charge in [-0.3, -0.25) is 4.79 Å². The number of benzene rings is 1. The molecule has 1 N–H and O–H groups in total. The lowest BCUT2D eigenvalue weighted by Gasteiger charge is -2.39. The minimum Gasteiger partial charge on any atom is -0.353 e. The molecule has 1 aliphatic carbocycles. The standard InChI is InChI=1S/C15H19NO/c17-15-13(11-6-2-1-3-7-11)10-12-8-4-5-9-14(12)16-15/h1-3,6-7,12-14H,4-5,8-10H2,(H,16,17). The van der Waals surface area contributed by atoms with Gasteiger partial charge in [-0.1, -0.05) is 43.2 Å². The Morgan fingerprint density at radius 3 is 2.65 bits per heavy atom. The summed E-state index contributed by atoms with van der Waals surface area (Å²) in [6.45, 7) is 0. The van der Waals surface area contributed by atoms with Crippen LogP contribution in [-0.4, -0.2) is 11.9 Å². The van der Waals surface area contributed by atoms with Gasteiger partial charge in [0.05, 0.1) is 5.92 Å². The number of hydrogen-bond acceptors (Lipinski definition) is 1. The maximum Gasteiger partial charge on any atom is 0.227 e. The minimum absolute atomic E-state index is 0.0792. The molecule has 1 saturated heterocycles. The molecule has 0 radical (unpaired) electrons. The van der Waals surface area contributed by atoms with E-state index < -0.39 is 0 Å². The van der Waals surface area contributed by atoms with Crippen LogP contribution in [0.25, 0.3) is 0 Å². The number of hydrogen-bond donors (Lipinski definition) is 1. The average Bonchev–Trinajstić information content (AvgIpc) is 2.39. The predicted molar refractivity (Wildman–Crippen MR) is 67.7 cm³/mol. The first-order chi connectivity index (χ1) is 8.34. The Kier molecular flexibility index (Phi) is 2.87. The molecule has 3 rings (SSSR count). The second-order valence-corrected chi connectivity index (χ2v) is 5.36. The minimum atomic E-state index is 0.0792. The second kappa shape index (κ2) is 4.52. The van der Waals surface area contributed by atoms with Gasteiger partial charge in [-0.05, 0) is 30.7 Å². The summed E-state index contributed by atoms with van der Waals surface area (Å²) in [5.41, 5.74) is 1.18. The molecule has 1 heterocycles. The van der Waals surface area contributed by atoms with Crippen molar-refractivity contribution in [3.63, 3.8) is 0 Å². The highest BCUT2D eigenvalue weighted by molar-refractivity contribution is 5.84. The summed E-state index contributed by atoms with van der Waals surface area (Å²) in [4.78, 5) is 12.1. The fourth-order valence-electron chi connectivity index (χ4n) is 3.35. The Balaban J connectivity index is 1.80. The quantitative estimate of drug-likeness (QED) is 0.788. The predicted octanol–water partition coefficient (Wildman–Crippen LogP) is 2.85. The third kappa shape index (κ3) is 2.08. The van der Waals surface area contributed by atoms with Crippen molar-refractivity contribution in [2.24, 2.45) is 5.92 Å². The molecule has 1 saturated carbocycles. The molecule has 1 amide bonds. The summed E-state index contributed by atoms with van der Waals surface area (Å²) in [7, 11) is 0. The normalized spacial score (nSPS) is 32.7. The van der Waals surface area contributed by atoms with Crippen LogP contribution in [-0.2, 0) is 4.79 Å². The van der Waals surface area contributed by atoms with Crippen molar-refractivity contribution in [2.45, 2.75) is 44.1 Å². The maximum absolute atomic E-state index is 12.1. The summed E-state index contributed by atoms with van der Waals surface area (Å²) < 4.78 is 0. The van der Waals surface area contributed by atoms with Crippen LogP contribution >= 0.6 is 0 Å². The SMILES string of the molecule is O=C1NC2CCCCC2CC1c1ccccc1. The largest absolute Gasteiger partial charge is 0.353 e. The Labute approximate surface area is 102 Å². The van der Waals surface area contributed by atoms with Crippen molar-refractivity contribution in [3.8, 4) is 0 Å². The lowest BCUT2D eigenvalue weighted by atomic mass is 9.74. The summed E-state index contributed by atoms with van der Waals surface area (Å²) in [5, 5.41) is 3.23. The molecule has 1 aromatic carbocycles. The number of rotatable bonds is 1. The third-order valence-electron chi connectivity index (χ3n) is 4.29. The van der Waals surface area contributed by atoms with Gasteiger partial charge < -0.3 is 5.32 Å². The Bertz CT molecular complexity index is 401. The van der Waals surface area contributed by atoms with Crippen molar-refractivity contribution >= 4 is 5.91 Å². The van der Waals surface area contributed by atoms with Crippen LogP contribution in [0.4, 0.5) is 0 Å². The van der Waals surface area contributed by atoms with Crippen LogP contribution in [0.3, 0.4) is 0 Å². The zero-order valence-electron chi connectivity index (χ0n) is 10.1. The van der Waals surface area contributed by atoms with Gasteiger partial charge in [0, 0.05) is 6.04 Å². The summed E-state index contributed by atoms with van der Waals surface area (Å²) >= 11 is 0. The Morgan fingerprint density at radius 2 is 1.82 bits per heavy atom. The first-order valence-corrected chi connectivity index (χ1v) is 6.70. The van der Waals surface area contributed by atoms with Crippen LogP contribution in [0.1, 0.15) is 43.6 Å². The molecule has 3 unspecified atom stereocenters. The fourth-order valence-corrected chi connectivity index (χ4v) is 3.35. The smallest absolute Gasteiger partial charge is 0.227 e. The van der Waals surface area contributed by atoms with Gasteiger partial charge in [0.15, 0.2) is 0 Å². The van der Waals surface area contributed by atoms with Gasteiger partial charge in [0.25, 0.3) is 0 Å².